The van der Waals surface area contributed by atoms with E-state index in [0.29, 0.717) is 12.1 Å². The van der Waals surface area contributed by atoms with E-state index in [1.54, 1.807) is 0 Å². The molecule has 24 heavy (non-hydrogen) atoms. The van der Waals surface area contributed by atoms with Crippen LogP contribution >= 0.6 is 0 Å². The Morgan fingerprint density at radius 1 is 1.08 bits per heavy atom. The van der Waals surface area contributed by atoms with Crippen LogP contribution in [-0.4, -0.2) is 111 Å². The summed E-state index contributed by atoms with van der Waals surface area (Å²) in [7, 11) is 4.44. The van der Waals surface area contributed by atoms with Crippen molar-refractivity contribution in [3.05, 3.63) is 0 Å². The molecule has 0 aromatic carbocycles. The molecule has 2 aliphatic rings. The molecule has 0 aliphatic carbocycles. The van der Waals surface area contributed by atoms with Gasteiger partial charge in [0.25, 0.3) is 0 Å². The molecular formula is C18H38N6. The number of hydrogen-bond donors (Lipinski definition) is 1. The molecule has 0 spiro atoms. The first-order chi connectivity index (χ1) is 11.6. The van der Waals surface area contributed by atoms with Crippen LogP contribution in [0.4, 0.5) is 0 Å². The molecule has 0 radical (unpaired) electrons. The Balaban J connectivity index is 1.96. The van der Waals surface area contributed by atoms with Crippen LogP contribution in [-0.2, 0) is 0 Å². The van der Waals surface area contributed by atoms with Crippen molar-refractivity contribution in [2.75, 3.05) is 73.0 Å². The van der Waals surface area contributed by atoms with Gasteiger partial charge in [0.05, 0.1) is 6.54 Å². The van der Waals surface area contributed by atoms with Gasteiger partial charge in [0, 0.05) is 51.4 Å². The van der Waals surface area contributed by atoms with Gasteiger partial charge in [0.15, 0.2) is 5.96 Å². The molecule has 2 aliphatic heterocycles. The van der Waals surface area contributed by atoms with Gasteiger partial charge in [-0.05, 0) is 40.5 Å². The molecule has 2 unspecified atom stereocenters. The second kappa shape index (κ2) is 9.59. The highest BCUT2D eigenvalue weighted by Gasteiger charge is 2.28. The van der Waals surface area contributed by atoms with Gasteiger partial charge in [-0.2, -0.15) is 0 Å². The van der Waals surface area contributed by atoms with Gasteiger partial charge in [0.2, 0.25) is 0 Å². The van der Waals surface area contributed by atoms with Crippen LogP contribution < -0.4 is 5.32 Å². The highest BCUT2D eigenvalue weighted by molar-refractivity contribution is 5.80. The molecule has 0 aromatic heterocycles. The molecule has 6 nitrogen and oxygen atoms in total. The van der Waals surface area contributed by atoms with E-state index in [-0.39, 0.29) is 0 Å². The van der Waals surface area contributed by atoms with Crippen LogP contribution in [0.2, 0.25) is 0 Å². The molecule has 0 bridgehead atoms. The second-order valence-corrected chi connectivity index (χ2v) is 7.20. The SMILES string of the molecule is CCNC(=NCC1CN(C)CCN1C)N1CCC(N(CC)CC)C1. The van der Waals surface area contributed by atoms with Crippen molar-refractivity contribution in [3.63, 3.8) is 0 Å². The number of aliphatic imine (C=N–C) groups is 1. The second-order valence-electron chi connectivity index (χ2n) is 7.20. The highest BCUT2D eigenvalue weighted by atomic mass is 15.3. The van der Waals surface area contributed by atoms with Gasteiger partial charge in [-0.15, -0.1) is 0 Å². The maximum atomic E-state index is 4.99. The van der Waals surface area contributed by atoms with Gasteiger partial charge >= 0.3 is 0 Å². The Kier molecular flexibility index (Phi) is 7.78. The average molecular weight is 339 g/mol. The van der Waals surface area contributed by atoms with Crippen LogP contribution in [0, 0.1) is 0 Å². The molecule has 2 fully saturated rings. The third kappa shape index (κ3) is 5.07. The fourth-order valence-electron chi connectivity index (χ4n) is 3.89. The van der Waals surface area contributed by atoms with Crippen molar-refractivity contribution in [1.29, 1.82) is 0 Å². The predicted molar refractivity (Wildman–Crippen MR) is 103 cm³/mol. The summed E-state index contributed by atoms with van der Waals surface area (Å²) in [6.45, 7) is 16.4. The van der Waals surface area contributed by atoms with Crippen molar-refractivity contribution in [2.45, 2.75) is 39.3 Å². The average Bonchev–Trinajstić information content (AvgIpc) is 3.05. The fourth-order valence-corrected chi connectivity index (χ4v) is 3.89. The molecule has 6 heteroatoms. The van der Waals surface area contributed by atoms with Crippen LogP contribution in [0.5, 0.6) is 0 Å². The number of nitrogens with one attached hydrogen (secondary N) is 1. The first-order valence-electron chi connectivity index (χ1n) is 9.75. The zero-order chi connectivity index (χ0) is 17.5. The van der Waals surface area contributed by atoms with E-state index in [1.807, 2.05) is 0 Å². The summed E-state index contributed by atoms with van der Waals surface area (Å²) >= 11 is 0. The largest absolute Gasteiger partial charge is 0.357 e. The van der Waals surface area contributed by atoms with Gasteiger partial charge in [0.1, 0.15) is 0 Å². The van der Waals surface area contributed by atoms with E-state index in [0.717, 1.165) is 64.9 Å². The molecule has 2 atom stereocenters. The van der Waals surface area contributed by atoms with Crippen molar-refractivity contribution < 1.29 is 0 Å². The Labute approximate surface area is 148 Å². The Hall–Kier alpha value is -0.850. The molecule has 2 saturated heterocycles. The van der Waals surface area contributed by atoms with Crippen molar-refractivity contribution >= 4 is 5.96 Å². The van der Waals surface area contributed by atoms with Gasteiger partial charge in [-0.3, -0.25) is 14.8 Å². The summed E-state index contributed by atoms with van der Waals surface area (Å²) < 4.78 is 0. The number of nitrogens with zero attached hydrogens (tertiary/aromatic N) is 5. The van der Waals surface area contributed by atoms with Crippen molar-refractivity contribution in [3.8, 4) is 0 Å². The van der Waals surface area contributed by atoms with Crippen molar-refractivity contribution in [2.24, 2.45) is 4.99 Å². The topological polar surface area (TPSA) is 37.4 Å². The fraction of sp³-hybridized carbons (Fsp3) is 0.944. The minimum atomic E-state index is 0.526. The van der Waals surface area contributed by atoms with E-state index in [2.05, 4.69) is 59.8 Å². The molecule has 2 rings (SSSR count). The normalized spacial score (nSPS) is 27.2. The van der Waals surface area contributed by atoms with E-state index < -0.39 is 0 Å². The lowest BCUT2D eigenvalue weighted by Gasteiger charge is -2.37. The Bertz CT molecular complexity index is 395. The standard InChI is InChI=1S/C18H38N6/c1-6-19-18(20-13-17-14-21(4)11-12-22(17)5)24-10-9-16(15-24)23(7-2)8-3/h16-17H,6-15H2,1-5H3,(H,19,20). The minimum Gasteiger partial charge on any atom is -0.357 e. The van der Waals surface area contributed by atoms with E-state index in [1.165, 1.54) is 6.42 Å². The molecule has 0 saturated carbocycles. The number of hydrogen-bond acceptors (Lipinski definition) is 4. The predicted octanol–water partition coefficient (Wildman–Crippen LogP) is 0.614. The molecular weight excluding hydrogens is 300 g/mol. The number of rotatable bonds is 6. The maximum absolute atomic E-state index is 4.99. The number of guanidine groups is 1. The zero-order valence-electron chi connectivity index (χ0n) is 16.5. The monoisotopic (exact) mass is 338 g/mol. The van der Waals surface area contributed by atoms with Gasteiger partial charge < -0.3 is 15.1 Å². The summed E-state index contributed by atoms with van der Waals surface area (Å²) in [5.41, 5.74) is 0. The highest BCUT2D eigenvalue weighted by Crippen LogP contribution is 2.16. The number of likely N-dealkylation sites (N-methyl/N-ethyl adjacent to an activating group) is 3. The third-order valence-electron chi connectivity index (χ3n) is 5.56. The summed E-state index contributed by atoms with van der Waals surface area (Å²) in [6.07, 6.45) is 1.25. The summed E-state index contributed by atoms with van der Waals surface area (Å²) in [5.74, 6) is 1.11. The van der Waals surface area contributed by atoms with E-state index in [4.69, 9.17) is 4.99 Å². The van der Waals surface area contributed by atoms with Gasteiger partial charge in [-0.1, -0.05) is 13.8 Å². The van der Waals surface area contributed by atoms with Crippen LogP contribution in [0.3, 0.4) is 0 Å². The first kappa shape index (κ1) is 19.5. The quantitative estimate of drug-likeness (QED) is 0.567. The number of likely N-dealkylation sites (tertiary alicyclic amines) is 1. The Morgan fingerprint density at radius 3 is 2.50 bits per heavy atom. The first-order valence-corrected chi connectivity index (χ1v) is 9.75. The molecule has 1 N–H and O–H groups in total. The lowest BCUT2D eigenvalue weighted by atomic mass is 10.2. The molecule has 0 amide bonds. The van der Waals surface area contributed by atoms with E-state index in [9.17, 15) is 0 Å². The lowest BCUT2D eigenvalue weighted by molar-refractivity contribution is 0.119. The zero-order valence-corrected chi connectivity index (χ0v) is 16.5. The van der Waals surface area contributed by atoms with Crippen LogP contribution in [0.25, 0.3) is 0 Å². The minimum absolute atomic E-state index is 0.526. The number of piperazine rings is 1. The molecule has 140 valence electrons. The Morgan fingerprint density at radius 2 is 1.83 bits per heavy atom. The van der Waals surface area contributed by atoms with Crippen LogP contribution in [0.1, 0.15) is 27.2 Å². The lowest BCUT2D eigenvalue weighted by Crippen LogP contribution is -2.52. The third-order valence-corrected chi connectivity index (χ3v) is 5.56. The molecule has 0 aromatic rings. The smallest absolute Gasteiger partial charge is 0.194 e. The summed E-state index contributed by atoms with van der Waals surface area (Å²) in [4.78, 5) is 14.9. The van der Waals surface area contributed by atoms with Crippen molar-refractivity contribution in [1.82, 2.24) is 24.9 Å². The summed E-state index contributed by atoms with van der Waals surface area (Å²) in [6, 6.07) is 1.20. The van der Waals surface area contributed by atoms with E-state index >= 15 is 0 Å². The maximum Gasteiger partial charge on any atom is 0.194 e. The molecule has 2 heterocycles. The van der Waals surface area contributed by atoms with Gasteiger partial charge in [-0.25, -0.2) is 0 Å². The van der Waals surface area contributed by atoms with Crippen LogP contribution in [0.15, 0.2) is 4.99 Å². The summed E-state index contributed by atoms with van der Waals surface area (Å²) in [5, 5.41) is 3.51.